The molecule has 1 heterocycles. The van der Waals surface area contributed by atoms with E-state index in [-0.39, 0.29) is 0 Å². The van der Waals surface area contributed by atoms with E-state index in [1.54, 1.807) is 0 Å². The number of nitrogens with two attached hydrogens (primary N) is 1. The second-order valence-corrected chi connectivity index (χ2v) is 4.36. The van der Waals surface area contributed by atoms with Crippen molar-refractivity contribution in [3.05, 3.63) is 29.8 Å². The van der Waals surface area contributed by atoms with Crippen LogP contribution in [-0.2, 0) is 6.54 Å². The van der Waals surface area contributed by atoms with Gasteiger partial charge >= 0.3 is 0 Å². The van der Waals surface area contributed by atoms with Gasteiger partial charge in [0.2, 0.25) is 0 Å². The van der Waals surface area contributed by atoms with E-state index in [2.05, 4.69) is 23.1 Å². The second-order valence-electron chi connectivity index (χ2n) is 4.36. The lowest BCUT2D eigenvalue weighted by atomic mass is 10.2. The maximum absolute atomic E-state index is 5.89. The van der Waals surface area contributed by atoms with Gasteiger partial charge in [0.15, 0.2) is 0 Å². The predicted octanol–water partition coefficient (Wildman–Crippen LogP) is 1.62. The van der Waals surface area contributed by atoms with Gasteiger partial charge in [0, 0.05) is 25.7 Å². The molecule has 0 aromatic heterocycles. The molecule has 2 N–H and O–H groups in total. The molecular weight excluding hydrogens is 200 g/mol. The first-order valence-electron chi connectivity index (χ1n) is 5.97. The summed E-state index contributed by atoms with van der Waals surface area (Å²) in [4.78, 5) is 2.40. The number of rotatable bonds is 4. The standard InChI is InChI=1S/C13H20N2O/c1-2-16-13-5-3-4-11(8-13)9-15-7-6-12(14)10-15/h3-5,8,12H,2,6-7,9-10,14H2,1H3. The number of hydrogen-bond acceptors (Lipinski definition) is 3. The zero-order valence-corrected chi connectivity index (χ0v) is 9.86. The lowest BCUT2D eigenvalue weighted by molar-refractivity contribution is 0.322. The molecule has 2 rings (SSSR count). The Hall–Kier alpha value is -1.06. The SMILES string of the molecule is CCOc1cccc(CN2CCC(N)C2)c1. The monoisotopic (exact) mass is 220 g/mol. The fraction of sp³-hybridized carbons (Fsp3) is 0.538. The summed E-state index contributed by atoms with van der Waals surface area (Å²) in [6.07, 6.45) is 1.12. The van der Waals surface area contributed by atoms with E-state index in [9.17, 15) is 0 Å². The van der Waals surface area contributed by atoms with E-state index in [1.807, 2.05) is 13.0 Å². The summed E-state index contributed by atoms with van der Waals surface area (Å²) in [6, 6.07) is 8.67. The number of nitrogens with zero attached hydrogens (tertiary/aromatic N) is 1. The Morgan fingerprint density at radius 2 is 2.38 bits per heavy atom. The van der Waals surface area contributed by atoms with Gasteiger partial charge in [-0.3, -0.25) is 4.90 Å². The topological polar surface area (TPSA) is 38.5 Å². The highest BCUT2D eigenvalue weighted by Crippen LogP contribution is 2.17. The van der Waals surface area contributed by atoms with Crippen LogP contribution >= 0.6 is 0 Å². The molecule has 0 saturated carbocycles. The van der Waals surface area contributed by atoms with Crippen molar-refractivity contribution in [1.82, 2.24) is 4.90 Å². The van der Waals surface area contributed by atoms with E-state index in [1.165, 1.54) is 5.56 Å². The summed E-state index contributed by atoms with van der Waals surface area (Å²) in [5.74, 6) is 0.962. The van der Waals surface area contributed by atoms with Crippen LogP contribution in [0.25, 0.3) is 0 Å². The number of likely N-dealkylation sites (tertiary alicyclic amines) is 1. The third-order valence-corrected chi connectivity index (χ3v) is 2.92. The van der Waals surface area contributed by atoms with E-state index in [4.69, 9.17) is 10.5 Å². The van der Waals surface area contributed by atoms with Crippen LogP contribution in [0.3, 0.4) is 0 Å². The molecule has 0 radical (unpaired) electrons. The molecule has 1 aromatic carbocycles. The van der Waals surface area contributed by atoms with Crippen LogP contribution in [0.15, 0.2) is 24.3 Å². The van der Waals surface area contributed by atoms with Crippen LogP contribution in [0, 0.1) is 0 Å². The summed E-state index contributed by atoms with van der Waals surface area (Å²) in [6.45, 7) is 5.83. The third-order valence-electron chi connectivity index (χ3n) is 2.92. The van der Waals surface area contributed by atoms with Crippen LogP contribution in [0.4, 0.5) is 0 Å². The average Bonchev–Trinajstić information content (AvgIpc) is 2.65. The predicted molar refractivity (Wildman–Crippen MR) is 65.5 cm³/mol. The largest absolute Gasteiger partial charge is 0.494 e. The molecule has 0 aliphatic carbocycles. The molecule has 1 aliphatic heterocycles. The molecule has 3 nitrogen and oxygen atoms in total. The molecule has 16 heavy (non-hydrogen) atoms. The summed E-state index contributed by atoms with van der Waals surface area (Å²) in [5.41, 5.74) is 7.20. The van der Waals surface area contributed by atoms with Crippen LogP contribution in [0.5, 0.6) is 5.75 Å². The van der Waals surface area contributed by atoms with Gasteiger partial charge < -0.3 is 10.5 Å². The van der Waals surface area contributed by atoms with Gasteiger partial charge in [0.05, 0.1) is 6.61 Å². The van der Waals surface area contributed by atoms with E-state index in [0.717, 1.165) is 38.4 Å². The number of benzene rings is 1. The molecule has 1 aromatic rings. The van der Waals surface area contributed by atoms with E-state index < -0.39 is 0 Å². The molecule has 0 spiro atoms. The van der Waals surface area contributed by atoms with Crippen molar-refractivity contribution in [2.24, 2.45) is 5.73 Å². The minimum absolute atomic E-state index is 0.357. The molecule has 88 valence electrons. The molecule has 1 aliphatic rings. The van der Waals surface area contributed by atoms with Gasteiger partial charge in [0.25, 0.3) is 0 Å². The van der Waals surface area contributed by atoms with Crippen LogP contribution in [-0.4, -0.2) is 30.6 Å². The van der Waals surface area contributed by atoms with E-state index in [0.29, 0.717) is 6.04 Å². The van der Waals surface area contributed by atoms with Crippen molar-refractivity contribution in [3.8, 4) is 5.75 Å². The zero-order valence-electron chi connectivity index (χ0n) is 9.86. The summed E-state index contributed by atoms with van der Waals surface area (Å²) < 4.78 is 5.49. The van der Waals surface area contributed by atoms with E-state index >= 15 is 0 Å². The summed E-state index contributed by atoms with van der Waals surface area (Å²) in [7, 11) is 0. The van der Waals surface area contributed by atoms with Gasteiger partial charge in [-0.2, -0.15) is 0 Å². The first kappa shape index (κ1) is 11.4. The lowest BCUT2D eigenvalue weighted by Crippen LogP contribution is -2.26. The van der Waals surface area contributed by atoms with Gasteiger partial charge in [0.1, 0.15) is 5.75 Å². The Morgan fingerprint density at radius 1 is 1.50 bits per heavy atom. The first-order chi connectivity index (χ1) is 7.78. The first-order valence-corrected chi connectivity index (χ1v) is 5.97. The summed E-state index contributed by atoms with van der Waals surface area (Å²) >= 11 is 0. The molecule has 0 amide bonds. The van der Waals surface area contributed by atoms with Crippen LogP contribution in [0.1, 0.15) is 18.9 Å². The van der Waals surface area contributed by atoms with Crippen molar-refractivity contribution in [2.75, 3.05) is 19.7 Å². The molecule has 0 bridgehead atoms. The average molecular weight is 220 g/mol. The maximum atomic E-state index is 5.89. The van der Waals surface area contributed by atoms with Crippen molar-refractivity contribution in [2.45, 2.75) is 25.9 Å². The molecule has 1 atom stereocenters. The Kier molecular flexibility index (Phi) is 3.80. The highest BCUT2D eigenvalue weighted by atomic mass is 16.5. The quantitative estimate of drug-likeness (QED) is 0.838. The molecule has 1 fully saturated rings. The maximum Gasteiger partial charge on any atom is 0.119 e. The lowest BCUT2D eigenvalue weighted by Gasteiger charge is -2.15. The van der Waals surface area contributed by atoms with Crippen LogP contribution < -0.4 is 10.5 Å². The Labute approximate surface area is 97.2 Å². The highest BCUT2D eigenvalue weighted by Gasteiger charge is 2.18. The summed E-state index contributed by atoms with van der Waals surface area (Å²) in [5, 5.41) is 0. The Balaban J connectivity index is 1.95. The Bertz CT molecular complexity index is 340. The van der Waals surface area contributed by atoms with Crippen molar-refractivity contribution in [1.29, 1.82) is 0 Å². The van der Waals surface area contributed by atoms with Gasteiger partial charge in [-0.15, -0.1) is 0 Å². The number of ether oxygens (including phenoxy) is 1. The molecule has 1 unspecified atom stereocenters. The Morgan fingerprint density at radius 3 is 3.06 bits per heavy atom. The molecular formula is C13H20N2O. The van der Waals surface area contributed by atoms with Crippen molar-refractivity contribution >= 4 is 0 Å². The molecule has 3 heteroatoms. The second kappa shape index (κ2) is 5.32. The smallest absolute Gasteiger partial charge is 0.119 e. The van der Waals surface area contributed by atoms with Gasteiger partial charge in [-0.25, -0.2) is 0 Å². The highest BCUT2D eigenvalue weighted by molar-refractivity contribution is 5.28. The zero-order chi connectivity index (χ0) is 11.4. The fourth-order valence-corrected chi connectivity index (χ4v) is 2.16. The van der Waals surface area contributed by atoms with Crippen molar-refractivity contribution < 1.29 is 4.74 Å². The minimum atomic E-state index is 0.357. The van der Waals surface area contributed by atoms with Gasteiger partial charge in [-0.1, -0.05) is 12.1 Å². The van der Waals surface area contributed by atoms with Gasteiger partial charge in [-0.05, 0) is 31.0 Å². The number of hydrogen-bond donors (Lipinski definition) is 1. The normalized spacial score (nSPS) is 21.2. The third kappa shape index (κ3) is 2.97. The van der Waals surface area contributed by atoms with Crippen LogP contribution in [0.2, 0.25) is 0 Å². The minimum Gasteiger partial charge on any atom is -0.494 e. The molecule has 1 saturated heterocycles. The van der Waals surface area contributed by atoms with Crippen molar-refractivity contribution in [3.63, 3.8) is 0 Å². The fourth-order valence-electron chi connectivity index (χ4n) is 2.16.